The molecule has 0 spiro atoms. The quantitative estimate of drug-likeness (QED) is 0.312. The maximum absolute atomic E-state index is 14.3. The molecule has 3 aromatic rings. The monoisotopic (exact) mass is 586 g/mol. The van der Waals surface area contributed by atoms with E-state index in [-0.39, 0.29) is 35.5 Å². The average molecular weight is 587 g/mol. The van der Waals surface area contributed by atoms with E-state index in [1.165, 1.54) is 9.80 Å². The van der Waals surface area contributed by atoms with E-state index in [9.17, 15) is 19.2 Å². The summed E-state index contributed by atoms with van der Waals surface area (Å²) in [7, 11) is 3.13. The molecular weight excluding hydrogens is 556 g/mol. The average Bonchev–Trinajstić information content (AvgIpc) is 3.50. The Morgan fingerprint density at radius 2 is 1.14 bits per heavy atom. The molecule has 8 nitrogen and oxygen atoms in total. The molecule has 0 N–H and O–H groups in total. The summed E-state index contributed by atoms with van der Waals surface area (Å²) in [4.78, 5) is 59.3. The third kappa shape index (κ3) is 3.57. The summed E-state index contributed by atoms with van der Waals surface area (Å²) < 4.78 is 10.6. The van der Waals surface area contributed by atoms with Gasteiger partial charge >= 0.3 is 0 Å². The first-order valence-corrected chi connectivity index (χ1v) is 14.9. The number of hydrogen-bond acceptors (Lipinski definition) is 6. The predicted molar refractivity (Wildman–Crippen MR) is 163 cm³/mol. The summed E-state index contributed by atoms with van der Waals surface area (Å²) in [6, 6.07) is 23.8. The van der Waals surface area contributed by atoms with Crippen LogP contribution in [-0.2, 0) is 19.2 Å². The van der Waals surface area contributed by atoms with Gasteiger partial charge in [-0.05, 0) is 72.0 Å². The smallest absolute Gasteiger partial charge is 0.238 e. The first-order chi connectivity index (χ1) is 21.4. The van der Waals surface area contributed by atoms with Crippen molar-refractivity contribution in [1.82, 2.24) is 0 Å². The van der Waals surface area contributed by atoms with Crippen LogP contribution in [0.25, 0.3) is 5.57 Å². The van der Waals surface area contributed by atoms with Gasteiger partial charge in [0, 0.05) is 11.8 Å². The highest BCUT2D eigenvalue weighted by Crippen LogP contribution is 2.63. The van der Waals surface area contributed by atoms with Crippen molar-refractivity contribution in [3.8, 4) is 11.5 Å². The Hall–Kier alpha value is -4.98. The van der Waals surface area contributed by atoms with E-state index in [4.69, 9.17) is 9.47 Å². The number of carbonyl (C=O) groups excluding carboxylic acids is 4. The van der Waals surface area contributed by atoms with Gasteiger partial charge in [-0.2, -0.15) is 0 Å². The first kappa shape index (κ1) is 26.6. The summed E-state index contributed by atoms with van der Waals surface area (Å²) >= 11 is 0. The Balaban J connectivity index is 1.25. The van der Waals surface area contributed by atoms with E-state index in [0.29, 0.717) is 29.3 Å². The second-order valence-corrected chi connectivity index (χ2v) is 12.1. The summed E-state index contributed by atoms with van der Waals surface area (Å²) in [5.74, 6) is -3.15. The van der Waals surface area contributed by atoms with Crippen LogP contribution in [0, 0.1) is 41.4 Å². The van der Waals surface area contributed by atoms with Crippen LogP contribution in [0.15, 0.2) is 96.6 Å². The molecule has 220 valence electrons. The summed E-state index contributed by atoms with van der Waals surface area (Å²) in [5.41, 5.74) is 4.03. The molecule has 2 aliphatic heterocycles. The fraction of sp³-hybridized carbons (Fsp3) is 0.278. The van der Waals surface area contributed by atoms with Gasteiger partial charge < -0.3 is 9.47 Å². The Kier molecular flexibility index (Phi) is 5.92. The van der Waals surface area contributed by atoms with Crippen LogP contribution >= 0.6 is 0 Å². The van der Waals surface area contributed by atoms with Crippen molar-refractivity contribution >= 4 is 40.6 Å². The lowest BCUT2D eigenvalue weighted by molar-refractivity contribution is -0.129. The molecule has 0 radical (unpaired) electrons. The van der Waals surface area contributed by atoms with Gasteiger partial charge in [-0.1, -0.05) is 48.1 Å². The van der Waals surface area contributed by atoms with E-state index in [1.54, 1.807) is 62.8 Å². The third-order valence-corrected chi connectivity index (χ3v) is 10.3. The highest BCUT2D eigenvalue weighted by molar-refractivity contribution is 6.24. The zero-order valence-corrected chi connectivity index (χ0v) is 24.3. The minimum Gasteiger partial charge on any atom is -0.497 e. The number of hydrogen-bond donors (Lipinski definition) is 0. The Bertz CT molecular complexity index is 1780. The molecule has 6 aliphatic rings. The van der Waals surface area contributed by atoms with Crippen LogP contribution in [0.1, 0.15) is 12.0 Å². The van der Waals surface area contributed by atoms with E-state index >= 15 is 0 Å². The molecule has 7 atom stereocenters. The van der Waals surface area contributed by atoms with E-state index in [2.05, 4.69) is 6.08 Å². The topological polar surface area (TPSA) is 93.2 Å². The van der Waals surface area contributed by atoms with Crippen LogP contribution in [0.3, 0.4) is 0 Å². The summed E-state index contributed by atoms with van der Waals surface area (Å²) in [5, 5.41) is 0. The number of imide groups is 2. The van der Waals surface area contributed by atoms with Crippen molar-refractivity contribution in [1.29, 1.82) is 0 Å². The molecule has 4 amide bonds. The fourth-order valence-electron chi connectivity index (χ4n) is 8.49. The van der Waals surface area contributed by atoms with Gasteiger partial charge in [0.1, 0.15) is 11.5 Å². The van der Waals surface area contributed by atoms with E-state index in [0.717, 1.165) is 16.7 Å². The molecule has 8 heteroatoms. The molecule has 1 saturated carbocycles. The SMILES string of the molecule is COc1ccc(N2C(=O)[C@@H]3[C@H]4C=C[C@@H](C5=C(c6ccccc6)C[C@@H]6C(=O)N(c7ccc(OC)cc7)C(=O)[C@H]6[C@H]54)[C@H]3C2=O)cc1. The van der Waals surface area contributed by atoms with Crippen molar-refractivity contribution in [2.75, 3.05) is 24.0 Å². The van der Waals surface area contributed by atoms with Crippen molar-refractivity contribution in [2.45, 2.75) is 6.42 Å². The van der Waals surface area contributed by atoms with Gasteiger partial charge in [-0.25, -0.2) is 0 Å². The number of rotatable bonds is 5. The van der Waals surface area contributed by atoms with Gasteiger partial charge in [0.2, 0.25) is 23.6 Å². The third-order valence-electron chi connectivity index (χ3n) is 10.3. The van der Waals surface area contributed by atoms with Gasteiger partial charge in [0.25, 0.3) is 0 Å². The molecule has 2 heterocycles. The number of anilines is 2. The predicted octanol–water partition coefficient (Wildman–Crippen LogP) is 4.90. The van der Waals surface area contributed by atoms with Gasteiger partial charge in [0.15, 0.2) is 0 Å². The number of carbonyl (C=O) groups is 4. The molecule has 3 fully saturated rings. The Morgan fingerprint density at radius 3 is 1.73 bits per heavy atom. The Morgan fingerprint density at radius 1 is 0.591 bits per heavy atom. The normalized spacial score (nSPS) is 30.1. The minimum absolute atomic E-state index is 0.223. The molecule has 3 aromatic carbocycles. The molecular formula is C36H30N2O6. The minimum atomic E-state index is -0.622. The molecule has 4 aliphatic carbocycles. The Labute approximate surface area is 254 Å². The molecule has 2 bridgehead atoms. The number of benzene rings is 3. The number of methoxy groups -OCH3 is 2. The molecule has 0 unspecified atom stereocenters. The zero-order valence-electron chi connectivity index (χ0n) is 24.3. The number of fused-ring (bicyclic) bond motifs is 1. The number of ether oxygens (including phenoxy) is 2. The second-order valence-electron chi connectivity index (χ2n) is 12.1. The second kappa shape index (κ2) is 9.77. The van der Waals surface area contributed by atoms with Crippen molar-refractivity contribution in [2.24, 2.45) is 41.4 Å². The lowest BCUT2D eigenvalue weighted by Crippen LogP contribution is -2.51. The summed E-state index contributed by atoms with van der Waals surface area (Å²) in [6.07, 6.45) is 4.49. The molecule has 9 rings (SSSR count). The zero-order chi connectivity index (χ0) is 30.3. The molecule has 2 saturated heterocycles. The fourth-order valence-corrected chi connectivity index (χ4v) is 8.49. The molecule has 44 heavy (non-hydrogen) atoms. The lowest BCUT2D eigenvalue weighted by Gasteiger charge is -2.51. The lowest BCUT2D eigenvalue weighted by atomic mass is 9.49. The van der Waals surface area contributed by atoms with Crippen LogP contribution in [0.4, 0.5) is 11.4 Å². The van der Waals surface area contributed by atoms with Crippen molar-refractivity contribution < 1.29 is 28.7 Å². The maximum Gasteiger partial charge on any atom is 0.238 e. The van der Waals surface area contributed by atoms with Crippen LogP contribution in [-0.4, -0.2) is 37.8 Å². The largest absolute Gasteiger partial charge is 0.497 e. The van der Waals surface area contributed by atoms with Crippen molar-refractivity contribution in [3.05, 3.63) is 102 Å². The summed E-state index contributed by atoms with van der Waals surface area (Å²) in [6.45, 7) is 0. The molecule has 0 aromatic heterocycles. The van der Waals surface area contributed by atoms with Gasteiger partial charge in [-0.3, -0.25) is 29.0 Å². The first-order valence-electron chi connectivity index (χ1n) is 14.9. The maximum atomic E-state index is 14.3. The number of allylic oxidation sites excluding steroid dienone is 4. The van der Waals surface area contributed by atoms with E-state index < -0.39 is 29.6 Å². The van der Waals surface area contributed by atoms with Crippen LogP contribution in [0.5, 0.6) is 11.5 Å². The highest BCUT2D eigenvalue weighted by Gasteiger charge is 2.67. The van der Waals surface area contributed by atoms with Gasteiger partial charge in [-0.15, -0.1) is 0 Å². The number of nitrogens with zero attached hydrogens (tertiary/aromatic N) is 2. The van der Waals surface area contributed by atoms with Gasteiger partial charge in [0.05, 0.1) is 49.3 Å². The van der Waals surface area contributed by atoms with Crippen LogP contribution < -0.4 is 19.3 Å². The standard InChI is InChI=1S/C36H30N2O6/c1-43-22-12-8-20(9-13-22)37-33(39)27-18-26(19-6-4-3-5-7-19)28-24-16-17-25(29(28)32(27)36(37)42)31-30(24)34(40)38(35(31)41)21-10-14-23(44-2)15-11-21/h3-17,24-25,27,29-32H,18H2,1-2H3/t24-,25-,27-,29-,30+,31+,32+/m0/s1. The van der Waals surface area contributed by atoms with E-state index in [1.807, 2.05) is 36.4 Å². The number of amides is 4. The van der Waals surface area contributed by atoms with Crippen LogP contribution in [0.2, 0.25) is 0 Å². The van der Waals surface area contributed by atoms with Crippen molar-refractivity contribution in [3.63, 3.8) is 0 Å². The highest BCUT2D eigenvalue weighted by atomic mass is 16.5.